The molecule has 0 spiro atoms. The first-order valence-corrected chi connectivity index (χ1v) is 9.42. The molecule has 1 aromatic heterocycles. The first-order chi connectivity index (χ1) is 13.0. The molecule has 6 heteroatoms. The van der Waals surface area contributed by atoms with Crippen molar-refractivity contribution in [3.8, 4) is 0 Å². The number of piperidine rings is 1. The fourth-order valence-corrected chi connectivity index (χ4v) is 3.61. The maximum atomic E-state index is 12.6. The average Bonchev–Trinajstić information content (AvgIpc) is 3.01. The molecule has 3 rings (SSSR count). The van der Waals surface area contributed by atoms with E-state index in [1.165, 1.54) is 5.56 Å². The molecule has 0 unspecified atom stereocenters. The molecule has 1 atom stereocenters. The maximum Gasteiger partial charge on any atom is 0.344 e. The third-order valence-corrected chi connectivity index (χ3v) is 5.16. The van der Waals surface area contributed by atoms with Gasteiger partial charge in [0.05, 0.1) is 5.69 Å². The molecule has 1 aromatic carbocycles. The summed E-state index contributed by atoms with van der Waals surface area (Å²) in [5.74, 6) is 0.273. The summed E-state index contributed by atoms with van der Waals surface area (Å²) in [4.78, 5) is 26.8. The highest BCUT2D eigenvalue weighted by atomic mass is 16.5. The molecule has 1 aliphatic rings. The lowest BCUT2D eigenvalue weighted by molar-refractivity contribution is -0.141. The van der Waals surface area contributed by atoms with Crippen LogP contribution in [0.3, 0.4) is 0 Å². The minimum atomic E-state index is -0.822. The van der Waals surface area contributed by atoms with Gasteiger partial charge < -0.3 is 14.2 Å². The zero-order chi connectivity index (χ0) is 19.4. The Morgan fingerprint density at radius 2 is 1.89 bits per heavy atom. The summed E-state index contributed by atoms with van der Waals surface area (Å²) in [6.45, 7) is 6.35. The van der Waals surface area contributed by atoms with Crippen LogP contribution < -0.4 is 0 Å². The highest BCUT2D eigenvalue weighted by Gasteiger charge is 2.29. The molecule has 1 amide bonds. The lowest BCUT2D eigenvalue weighted by Gasteiger charge is -2.33. The van der Waals surface area contributed by atoms with Crippen molar-refractivity contribution in [3.63, 3.8) is 0 Å². The predicted molar refractivity (Wildman–Crippen MR) is 100 cm³/mol. The van der Waals surface area contributed by atoms with Crippen LogP contribution in [0, 0.1) is 19.8 Å². The molecule has 2 heterocycles. The normalized spacial score (nSPS) is 16.2. The Morgan fingerprint density at radius 1 is 1.22 bits per heavy atom. The number of hydrogen-bond acceptors (Lipinski definition) is 5. The lowest BCUT2D eigenvalue weighted by atomic mass is 9.90. The predicted octanol–water partition coefficient (Wildman–Crippen LogP) is 3.32. The summed E-state index contributed by atoms with van der Waals surface area (Å²) >= 11 is 0. The molecule has 1 saturated heterocycles. The number of hydrogen-bond donors (Lipinski definition) is 0. The number of amides is 1. The summed E-state index contributed by atoms with van der Waals surface area (Å²) in [6, 6.07) is 10.4. The largest absolute Gasteiger partial charge is 0.449 e. The Balaban J connectivity index is 1.50. The summed E-state index contributed by atoms with van der Waals surface area (Å²) in [6.07, 6.45) is 2.15. The van der Waals surface area contributed by atoms with E-state index in [4.69, 9.17) is 9.26 Å². The van der Waals surface area contributed by atoms with Crippen molar-refractivity contribution in [2.24, 2.45) is 5.92 Å². The fourth-order valence-electron chi connectivity index (χ4n) is 3.61. The van der Waals surface area contributed by atoms with E-state index in [9.17, 15) is 9.59 Å². The summed E-state index contributed by atoms with van der Waals surface area (Å²) in [5, 5.41) is 3.75. The van der Waals surface area contributed by atoms with Crippen molar-refractivity contribution in [2.75, 3.05) is 13.1 Å². The Morgan fingerprint density at radius 3 is 2.48 bits per heavy atom. The molecule has 144 valence electrons. The number of aryl methyl sites for hydroxylation is 2. The van der Waals surface area contributed by atoms with Gasteiger partial charge in [0.25, 0.3) is 5.91 Å². The summed E-state index contributed by atoms with van der Waals surface area (Å²) < 4.78 is 10.4. The van der Waals surface area contributed by atoms with Crippen LogP contribution in [0.1, 0.15) is 47.1 Å². The van der Waals surface area contributed by atoms with E-state index < -0.39 is 12.1 Å². The Kier molecular flexibility index (Phi) is 5.94. The van der Waals surface area contributed by atoms with Crippen LogP contribution in [0.25, 0.3) is 0 Å². The number of carbonyl (C=O) groups is 2. The standard InChI is InChI=1S/C21H26N2O4/c1-14-19(15(2)27-22-14)21(25)26-16(3)20(24)23-11-9-18(10-12-23)13-17-7-5-4-6-8-17/h4-8,16,18H,9-13H2,1-3H3/t16-/m1/s1. The minimum absolute atomic E-state index is 0.145. The number of rotatable bonds is 5. The van der Waals surface area contributed by atoms with Crippen LogP contribution in [0.5, 0.6) is 0 Å². The number of aromatic nitrogens is 1. The fraction of sp³-hybridized carbons (Fsp3) is 0.476. The zero-order valence-electron chi connectivity index (χ0n) is 16.1. The molecule has 0 N–H and O–H groups in total. The Bertz CT molecular complexity index is 772. The van der Waals surface area contributed by atoms with Gasteiger partial charge in [-0.1, -0.05) is 35.5 Å². The van der Waals surface area contributed by atoms with Crippen molar-refractivity contribution in [1.29, 1.82) is 0 Å². The molecule has 0 bridgehead atoms. The number of benzene rings is 1. The van der Waals surface area contributed by atoms with E-state index in [0.29, 0.717) is 36.0 Å². The molecule has 6 nitrogen and oxygen atoms in total. The molecule has 1 fully saturated rings. The first kappa shape index (κ1) is 19.1. The van der Waals surface area contributed by atoms with Crippen LogP contribution >= 0.6 is 0 Å². The van der Waals surface area contributed by atoms with Gasteiger partial charge in [0.2, 0.25) is 0 Å². The molecular formula is C21H26N2O4. The maximum absolute atomic E-state index is 12.6. The molecule has 0 radical (unpaired) electrons. The lowest BCUT2D eigenvalue weighted by Crippen LogP contribution is -2.44. The molecule has 0 saturated carbocycles. The van der Waals surface area contributed by atoms with E-state index >= 15 is 0 Å². The number of carbonyl (C=O) groups excluding carboxylic acids is 2. The number of esters is 1. The second-order valence-corrected chi connectivity index (χ2v) is 7.21. The van der Waals surface area contributed by atoms with E-state index in [1.54, 1.807) is 25.7 Å². The van der Waals surface area contributed by atoms with Crippen LogP contribution in [0.15, 0.2) is 34.9 Å². The first-order valence-electron chi connectivity index (χ1n) is 9.42. The highest BCUT2D eigenvalue weighted by Crippen LogP contribution is 2.23. The smallest absolute Gasteiger partial charge is 0.344 e. The Labute approximate surface area is 159 Å². The zero-order valence-corrected chi connectivity index (χ0v) is 16.1. The van der Waals surface area contributed by atoms with Crippen LogP contribution in [-0.2, 0) is 16.0 Å². The SMILES string of the molecule is Cc1noc(C)c1C(=O)O[C@H](C)C(=O)N1CCC(Cc2ccccc2)CC1. The summed E-state index contributed by atoms with van der Waals surface area (Å²) in [7, 11) is 0. The molecule has 27 heavy (non-hydrogen) atoms. The van der Waals surface area contributed by atoms with Gasteiger partial charge in [0.15, 0.2) is 6.10 Å². The molecule has 0 aliphatic carbocycles. The van der Waals surface area contributed by atoms with Gasteiger partial charge in [0, 0.05) is 13.1 Å². The van der Waals surface area contributed by atoms with Gasteiger partial charge in [-0.3, -0.25) is 4.79 Å². The third-order valence-electron chi connectivity index (χ3n) is 5.16. The van der Waals surface area contributed by atoms with Gasteiger partial charge >= 0.3 is 5.97 Å². The van der Waals surface area contributed by atoms with E-state index in [1.807, 2.05) is 6.07 Å². The van der Waals surface area contributed by atoms with Gasteiger partial charge in [-0.2, -0.15) is 0 Å². The third kappa shape index (κ3) is 4.56. The quantitative estimate of drug-likeness (QED) is 0.755. The van der Waals surface area contributed by atoms with Crippen molar-refractivity contribution in [3.05, 3.63) is 52.9 Å². The van der Waals surface area contributed by atoms with Gasteiger partial charge in [-0.05, 0) is 51.5 Å². The van der Waals surface area contributed by atoms with Gasteiger partial charge in [-0.15, -0.1) is 0 Å². The molecular weight excluding hydrogens is 344 g/mol. The van der Waals surface area contributed by atoms with Crippen molar-refractivity contribution < 1.29 is 18.8 Å². The van der Waals surface area contributed by atoms with Crippen LogP contribution in [0.2, 0.25) is 0 Å². The monoisotopic (exact) mass is 370 g/mol. The van der Waals surface area contributed by atoms with Crippen molar-refractivity contribution in [1.82, 2.24) is 10.1 Å². The van der Waals surface area contributed by atoms with E-state index in [0.717, 1.165) is 19.3 Å². The van der Waals surface area contributed by atoms with Gasteiger partial charge in [0.1, 0.15) is 11.3 Å². The van der Waals surface area contributed by atoms with E-state index in [2.05, 4.69) is 29.4 Å². The van der Waals surface area contributed by atoms with Gasteiger partial charge in [-0.25, -0.2) is 4.79 Å². The molecule has 1 aliphatic heterocycles. The number of ether oxygens (including phenoxy) is 1. The van der Waals surface area contributed by atoms with Crippen molar-refractivity contribution >= 4 is 11.9 Å². The average molecular weight is 370 g/mol. The number of nitrogens with zero attached hydrogens (tertiary/aromatic N) is 2. The minimum Gasteiger partial charge on any atom is -0.449 e. The number of likely N-dealkylation sites (tertiary alicyclic amines) is 1. The summed E-state index contributed by atoms with van der Waals surface area (Å²) in [5.41, 5.74) is 2.11. The highest BCUT2D eigenvalue weighted by molar-refractivity contribution is 5.93. The van der Waals surface area contributed by atoms with E-state index in [-0.39, 0.29) is 5.91 Å². The topological polar surface area (TPSA) is 72.6 Å². The second-order valence-electron chi connectivity index (χ2n) is 7.21. The van der Waals surface area contributed by atoms with Crippen molar-refractivity contribution in [2.45, 2.75) is 46.1 Å². The van der Waals surface area contributed by atoms with Crippen LogP contribution in [0.4, 0.5) is 0 Å². The second kappa shape index (κ2) is 8.37. The molecule has 2 aromatic rings. The Hall–Kier alpha value is -2.63. The van der Waals surface area contributed by atoms with Crippen LogP contribution in [-0.4, -0.2) is 41.1 Å².